The van der Waals surface area contributed by atoms with Gasteiger partial charge in [-0.25, -0.2) is 13.2 Å². The van der Waals surface area contributed by atoms with Gasteiger partial charge in [0.15, 0.2) is 18.2 Å². The zero-order chi connectivity index (χ0) is 21.7. The van der Waals surface area contributed by atoms with E-state index in [2.05, 4.69) is 5.32 Å². The van der Waals surface area contributed by atoms with Crippen molar-refractivity contribution in [2.24, 2.45) is 0 Å². The molecule has 156 valence electrons. The summed E-state index contributed by atoms with van der Waals surface area (Å²) >= 11 is 0.745. The van der Waals surface area contributed by atoms with Crippen LogP contribution in [0.5, 0.6) is 5.75 Å². The van der Waals surface area contributed by atoms with E-state index >= 15 is 0 Å². The summed E-state index contributed by atoms with van der Waals surface area (Å²) in [6.07, 6.45) is 1.48. The summed E-state index contributed by atoms with van der Waals surface area (Å²) in [7, 11) is 0. The van der Waals surface area contributed by atoms with Crippen molar-refractivity contribution in [3.8, 4) is 5.75 Å². The van der Waals surface area contributed by atoms with Crippen molar-refractivity contribution in [3.05, 3.63) is 70.4 Å². The summed E-state index contributed by atoms with van der Waals surface area (Å²) in [5.41, 5.74) is 0.570. The molecular weight excluding hydrogens is 421 g/mol. The molecule has 0 aromatic heterocycles. The maximum Gasteiger partial charge on any atom is 0.293 e. The number of halogens is 3. The summed E-state index contributed by atoms with van der Waals surface area (Å²) in [6.45, 7) is -0.618. The Morgan fingerprint density at radius 1 is 1.07 bits per heavy atom. The van der Waals surface area contributed by atoms with Gasteiger partial charge in [0.2, 0.25) is 0 Å². The maximum atomic E-state index is 13.5. The van der Waals surface area contributed by atoms with Gasteiger partial charge >= 0.3 is 0 Å². The van der Waals surface area contributed by atoms with Gasteiger partial charge in [-0.15, -0.1) is 0 Å². The van der Waals surface area contributed by atoms with Gasteiger partial charge in [-0.1, -0.05) is 12.1 Å². The van der Waals surface area contributed by atoms with Crippen molar-refractivity contribution >= 4 is 34.9 Å². The molecule has 1 heterocycles. The topological polar surface area (TPSA) is 75.7 Å². The van der Waals surface area contributed by atoms with E-state index in [1.807, 2.05) is 0 Å². The Labute approximate surface area is 173 Å². The average Bonchev–Trinajstić information content (AvgIpc) is 2.96. The van der Waals surface area contributed by atoms with Crippen molar-refractivity contribution in [2.45, 2.75) is 0 Å². The van der Waals surface area contributed by atoms with E-state index in [0.29, 0.717) is 11.6 Å². The fourth-order valence-electron chi connectivity index (χ4n) is 2.50. The molecule has 10 heteroatoms. The number of thioether (sulfide) groups is 1. The van der Waals surface area contributed by atoms with Gasteiger partial charge in [0.05, 0.1) is 4.91 Å². The first-order chi connectivity index (χ1) is 14.3. The van der Waals surface area contributed by atoms with Crippen molar-refractivity contribution < 1.29 is 32.3 Å². The number of benzene rings is 2. The van der Waals surface area contributed by atoms with Gasteiger partial charge < -0.3 is 10.1 Å². The Morgan fingerprint density at radius 2 is 1.77 bits per heavy atom. The Hall–Kier alpha value is -3.27. The molecule has 2 aromatic rings. The largest absolute Gasteiger partial charge is 0.481 e. The third kappa shape index (κ3) is 5.41. The van der Waals surface area contributed by atoms with Gasteiger partial charge in [0.25, 0.3) is 17.1 Å². The maximum absolute atomic E-state index is 13.5. The first-order valence-corrected chi connectivity index (χ1v) is 9.50. The molecule has 0 unspecified atom stereocenters. The summed E-state index contributed by atoms with van der Waals surface area (Å²) in [4.78, 5) is 37.4. The van der Waals surface area contributed by atoms with E-state index in [1.54, 1.807) is 0 Å². The molecule has 1 N–H and O–H groups in total. The third-order valence-corrected chi connectivity index (χ3v) is 4.86. The van der Waals surface area contributed by atoms with Gasteiger partial charge in [0, 0.05) is 19.2 Å². The molecule has 1 aliphatic rings. The van der Waals surface area contributed by atoms with Gasteiger partial charge in [-0.3, -0.25) is 19.3 Å². The van der Waals surface area contributed by atoms with Gasteiger partial charge in [-0.2, -0.15) is 0 Å². The average molecular weight is 436 g/mol. The Balaban J connectivity index is 1.48. The quantitative estimate of drug-likeness (QED) is 0.674. The van der Waals surface area contributed by atoms with E-state index in [4.69, 9.17) is 4.74 Å². The van der Waals surface area contributed by atoms with Crippen LogP contribution in [-0.2, 0) is 9.59 Å². The van der Waals surface area contributed by atoms with Crippen LogP contribution >= 0.6 is 11.8 Å². The molecular formula is C20H15F3N2O4S. The molecule has 6 nitrogen and oxygen atoms in total. The molecule has 0 spiro atoms. The van der Waals surface area contributed by atoms with Crippen molar-refractivity contribution in [1.82, 2.24) is 10.2 Å². The number of nitrogens with zero attached hydrogens (tertiary/aromatic N) is 1. The lowest BCUT2D eigenvalue weighted by atomic mass is 10.2. The fourth-order valence-corrected chi connectivity index (χ4v) is 3.36. The van der Waals surface area contributed by atoms with Gasteiger partial charge in [0.1, 0.15) is 11.6 Å². The number of nitrogens with one attached hydrogen (secondary N) is 1. The minimum atomic E-state index is -0.937. The molecule has 0 radical (unpaired) electrons. The zero-order valence-electron chi connectivity index (χ0n) is 15.4. The van der Waals surface area contributed by atoms with Gasteiger partial charge in [-0.05, 0) is 47.7 Å². The smallest absolute Gasteiger partial charge is 0.293 e. The molecule has 1 saturated heterocycles. The highest BCUT2D eigenvalue weighted by Gasteiger charge is 2.34. The number of amides is 3. The molecule has 3 rings (SSSR count). The van der Waals surface area contributed by atoms with Crippen LogP contribution in [0.25, 0.3) is 6.08 Å². The van der Waals surface area contributed by atoms with Crippen molar-refractivity contribution in [1.29, 1.82) is 0 Å². The molecule has 0 atom stereocenters. The minimum absolute atomic E-state index is 0.0318. The number of hydrogen-bond donors (Lipinski definition) is 1. The predicted molar refractivity (Wildman–Crippen MR) is 104 cm³/mol. The van der Waals surface area contributed by atoms with E-state index in [-0.39, 0.29) is 23.7 Å². The lowest BCUT2D eigenvalue weighted by Crippen LogP contribution is -2.38. The normalized spacial score (nSPS) is 15.0. The SMILES string of the molecule is O=C(COc1ccc(F)cc1F)NCCN1C(=O)S/C(=C\c2ccc(F)cc2)C1=O. The van der Waals surface area contributed by atoms with Crippen molar-refractivity contribution in [3.63, 3.8) is 0 Å². The summed E-state index contributed by atoms with van der Waals surface area (Å²) in [5, 5.41) is 1.95. The summed E-state index contributed by atoms with van der Waals surface area (Å²) < 4.78 is 44.2. The molecule has 3 amide bonds. The van der Waals surface area contributed by atoms with Crippen LogP contribution in [0.2, 0.25) is 0 Å². The van der Waals surface area contributed by atoms with E-state index in [9.17, 15) is 27.6 Å². The van der Waals surface area contributed by atoms with E-state index < -0.39 is 41.1 Å². The Morgan fingerprint density at radius 3 is 2.47 bits per heavy atom. The molecule has 30 heavy (non-hydrogen) atoms. The standard InChI is InChI=1S/C20H15F3N2O4S/c21-13-3-1-12(2-4-13)9-17-19(27)25(20(28)30-17)8-7-24-18(26)11-29-16-6-5-14(22)10-15(16)23/h1-6,9-10H,7-8,11H2,(H,24,26)/b17-9-. The fraction of sp³-hybridized carbons (Fsp3) is 0.150. The van der Waals surface area contributed by atoms with Crippen molar-refractivity contribution in [2.75, 3.05) is 19.7 Å². The highest BCUT2D eigenvalue weighted by Crippen LogP contribution is 2.31. The lowest BCUT2D eigenvalue weighted by molar-refractivity contribution is -0.125. The molecule has 2 aromatic carbocycles. The first kappa shape index (κ1) is 21.4. The number of carbonyl (C=O) groups is 3. The highest BCUT2D eigenvalue weighted by molar-refractivity contribution is 8.18. The van der Waals surface area contributed by atoms with Crippen LogP contribution < -0.4 is 10.1 Å². The monoisotopic (exact) mass is 436 g/mol. The summed E-state index contributed by atoms with van der Waals surface area (Å²) in [6, 6.07) is 8.13. The zero-order valence-corrected chi connectivity index (χ0v) is 16.2. The molecule has 0 saturated carbocycles. The predicted octanol–water partition coefficient (Wildman–Crippen LogP) is 3.34. The first-order valence-electron chi connectivity index (χ1n) is 8.69. The highest BCUT2D eigenvalue weighted by atomic mass is 32.2. The van der Waals surface area contributed by atoms with Crippen LogP contribution in [0.1, 0.15) is 5.56 Å². The molecule has 1 fully saturated rings. The Bertz CT molecular complexity index is 1010. The third-order valence-electron chi connectivity index (χ3n) is 3.95. The molecule has 0 bridgehead atoms. The Kier molecular flexibility index (Phi) is 6.78. The van der Waals surface area contributed by atoms with Crippen LogP contribution in [-0.4, -0.2) is 41.6 Å². The van der Waals surface area contributed by atoms with E-state index in [1.165, 1.54) is 30.3 Å². The molecule has 0 aliphatic carbocycles. The number of ether oxygens (including phenoxy) is 1. The number of rotatable bonds is 7. The number of hydrogen-bond acceptors (Lipinski definition) is 5. The van der Waals surface area contributed by atoms with Crippen LogP contribution in [0.4, 0.5) is 18.0 Å². The van der Waals surface area contributed by atoms with Crippen LogP contribution in [0.15, 0.2) is 47.4 Å². The lowest BCUT2D eigenvalue weighted by Gasteiger charge is -2.13. The second kappa shape index (κ2) is 9.49. The van der Waals surface area contributed by atoms with E-state index in [0.717, 1.165) is 28.8 Å². The second-order valence-corrected chi connectivity index (χ2v) is 7.09. The number of carbonyl (C=O) groups excluding carboxylic acids is 3. The van der Waals surface area contributed by atoms with Crippen LogP contribution in [0.3, 0.4) is 0 Å². The van der Waals surface area contributed by atoms with Crippen LogP contribution in [0, 0.1) is 17.5 Å². The summed E-state index contributed by atoms with van der Waals surface area (Å²) in [5.74, 6) is -3.52. The second-order valence-electron chi connectivity index (χ2n) is 6.10. The molecule has 1 aliphatic heterocycles. The minimum Gasteiger partial charge on any atom is -0.481 e. The number of imide groups is 1.